The van der Waals surface area contributed by atoms with Gasteiger partial charge in [-0.25, -0.2) is 14.7 Å². The van der Waals surface area contributed by atoms with Crippen LogP contribution in [0.15, 0.2) is 42.5 Å². The number of carbonyl (C=O) groups is 2. The Kier molecular flexibility index (Phi) is 9.08. The van der Waals surface area contributed by atoms with E-state index in [4.69, 9.17) is 9.94 Å². The van der Waals surface area contributed by atoms with Crippen molar-refractivity contribution in [3.05, 3.63) is 65.0 Å². The highest BCUT2D eigenvalue weighted by molar-refractivity contribution is 5.83. The summed E-state index contributed by atoms with van der Waals surface area (Å²) in [6.45, 7) is 3.90. The molecule has 0 aliphatic carbocycles. The number of ether oxygens (including phenoxy) is 1. The Balaban J connectivity index is 1.74. The molecular weight excluding hydrogens is 389 g/mol. The molecule has 0 aliphatic rings. The predicted octanol–water partition coefficient (Wildman–Crippen LogP) is 3.83. The Bertz CT molecular complexity index is 823. The van der Waals surface area contributed by atoms with Gasteiger partial charge in [-0.15, -0.1) is 0 Å². The molecule has 0 heterocycles. The zero-order chi connectivity index (χ0) is 21.9. The minimum Gasteiger partial charge on any atom is -0.445 e. The first-order chi connectivity index (χ1) is 14.4. The summed E-state index contributed by atoms with van der Waals surface area (Å²) >= 11 is 0. The third kappa shape index (κ3) is 7.36. The van der Waals surface area contributed by atoms with E-state index in [0.717, 1.165) is 5.56 Å². The van der Waals surface area contributed by atoms with Crippen LogP contribution in [-0.2, 0) is 16.1 Å². The fourth-order valence-electron chi connectivity index (χ4n) is 3.02. The van der Waals surface area contributed by atoms with Crippen molar-refractivity contribution in [1.29, 1.82) is 0 Å². The summed E-state index contributed by atoms with van der Waals surface area (Å²) in [5.74, 6) is -0.862. The third-order valence-corrected chi connectivity index (χ3v) is 4.61. The molecule has 162 valence electrons. The number of aryl methyl sites for hydroxylation is 2. The molecule has 0 saturated carbocycles. The zero-order valence-corrected chi connectivity index (χ0v) is 17.2. The number of nitrogens with one attached hydrogen (secondary N) is 3. The lowest BCUT2D eigenvalue weighted by Crippen LogP contribution is -2.38. The van der Waals surface area contributed by atoms with E-state index in [0.29, 0.717) is 42.6 Å². The van der Waals surface area contributed by atoms with Crippen LogP contribution in [0.2, 0.25) is 0 Å². The molecule has 2 aromatic rings. The molecule has 0 unspecified atom stereocenters. The number of hydroxylamine groups is 1. The molecule has 0 saturated heterocycles. The topological polar surface area (TPSA) is 99.7 Å². The van der Waals surface area contributed by atoms with Gasteiger partial charge in [0.2, 0.25) is 0 Å². The van der Waals surface area contributed by atoms with Gasteiger partial charge in [0.25, 0.3) is 5.91 Å². The zero-order valence-electron chi connectivity index (χ0n) is 17.2. The highest BCUT2D eigenvalue weighted by atomic mass is 19.1. The largest absolute Gasteiger partial charge is 0.445 e. The van der Waals surface area contributed by atoms with E-state index in [1.54, 1.807) is 31.5 Å². The molecule has 2 aromatic carbocycles. The molecule has 0 aliphatic heterocycles. The van der Waals surface area contributed by atoms with Gasteiger partial charge in [0, 0.05) is 12.2 Å². The average molecular weight is 417 g/mol. The number of benzene rings is 2. The van der Waals surface area contributed by atoms with E-state index < -0.39 is 18.0 Å². The molecule has 7 nitrogen and oxygen atoms in total. The Morgan fingerprint density at radius 2 is 1.77 bits per heavy atom. The number of alkyl carbamates (subject to hydrolysis) is 1. The van der Waals surface area contributed by atoms with E-state index in [-0.39, 0.29) is 12.4 Å². The summed E-state index contributed by atoms with van der Waals surface area (Å²) in [4.78, 5) is 23.7. The van der Waals surface area contributed by atoms with Crippen LogP contribution in [0.25, 0.3) is 0 Å². The lowest BCUT2D eigenvalue weighted by molar-refractivity contribution is -0.130. The normalized spacial score (nSPS) is 11.5. The molecule has 0 bridgehead atoms. The van der Waals surface area contributed by atoms with E-state index in [1.807, 2.05) is 30.3 Å². The van der Waals surface area contributed by atoms with E-state index in [9.17, 15) is 14.0 Å². The van der Waals surface area contributed by atoms with Crippen molar-refractivity contribution < 1.29 is 23.9 Å². The molecule has 8 heteroatoms. The number of hydrogen-bond acceptors (Lipinski definition) is 5. The number of hydrogen-bond donors (Lipinski definition) is 4. The van der Waals surface area contributed by atoms with Crippen molar-refractivity contribution in [2.75, 3.05) is 11.9 Å². The Hall–Kier alpha value is -3.13. The second kappa shape index (κ2) is 11.8. The van der Waals surface area contributed by atoms with Crippen LogP contribution in [0.3, 0.4) is 0 Å². The van der Waals surface area contributed by atoms with Gasteiger partial charge in [-0.1, -0.05) is 30.3 Å². The fourth-order valence-corrected chi connectivity index (χ4v) is 3.02. The van der Waals surface area contributed by atoms with Crippen molar-refractivity contribution in [2.45, 2.75) is 45.8 Å². The number of carbonyl (C=O) groups excluding carboxylic acids is 2. The summed E-state index contributed by atoms with van der Waals surface area (Å²) in [5, 5.41) is 14.7. The van der Waals surface area contributed by atoms with Crippen LogP contribution < -0.4 is 16.1 Å². The van der Waals surface area contributed by atoms with Gasteiger partial charge in [-0.05, 0) is 61.9 Å². The van der Waals surface area contributed by atoms with Gasteiger partial charge in [0.1, 0.15) is 18.5 Å². The quantitative estimate of drug-likeness (QED) is 0.268. The first-order valence-electron chi connectivity index (χ1n) is 9.82. The van der Waals surface area contributed by atoms with Gasteiger partial charge in [0.15, 0.2) is 0 Å². The third-order valence-electron chi connectivity index (χ3n) is 4.61. The summed E-state index contributed by atoms with van der Waals surface area (Å²) in [5.41, 5.74) is 4.10. The van der Waals surface area contributed by atoms with Gasteiger partial charge in [0.05, 0.1) is 0 Å². The Morgan fingerprint density at radius 3 is 2.40 bits per heavy atom. The van der Waals surface area contributed by atoms with Gasteiger partial charge < -0.3 is 15.4 Å². The minimum atomic E-state index is -0.690. The summed E-state index contributed by atoms with van der Waals surface area (Å²) in [7, 11) is 0. The predicted molar refractivity (Wildman–Crippen MR) is 112 cm³/mol. The number of rotatable bonds is 10. The molecule has 0 fully saturated rings. The van der Waals surface area contributed by atoms with Crippen molar-refractivity contribution in [3.8, 4) is 0 Å². The summed E-state index contributed by atoms with van der Waals surface area (Å²) in [6.07, 6.45) is 1.16. The van der Waals surface area contributed by atoms with E-state index in [2.05, 4.69) is 10.6 Å². The second-order valence-corrected chi connectivity index (χ2v) is 7.08. The van der Waals surface area contributed by atoms with Crippen LogP contribution in [0.1, 0.15) is 36.0 Å². The SMILES string of the molecule is Cc1cc(N[C@H](CCCCNC(=O)OCc2ccccc2)C(=O)NO)cc(C)c1F. The standard InChI is InChI=1S/C22H28FN3O4/c1-15-12-18(13-16(2)20(15)23)25-19(21(27)26-29)10-6-7-11-24-22(28)30-14-17-8-4-3-5-9-17/h3-5,8-9,12-13,19,25,29H,6-7,10-11,14H2,1-2H3,(H,24,28)(H,26,27)/t19-/m1/s1. The molecule has 1 atom stereocenters. The van der Waals surface area contributed by atoms with Crippen molar-refractivity contribution in [1.82, 2.24) is 10.8 Å². The van der Waals surface area contributed by atoms with E-state index >= 15 is 0 Å². The Labute approximate surface area is 175 Å². The smallest absolute Gasteiger partial charge is 0.407 e. The first-order valence-corrected chi connectivity index (χ1v) is 9.82. The minimum absolute atomic E-state index is 0.200. The highest BCUT2D eigenvalue weighted by Crippen LogP contribution is 2.20. The van der Waals surface area contributed by atoms with Gasteiger partial charge >= 0.3 is 6.09 Å². The van der Waals surface area contributed by atoms with Gasteiger partial charge in [-0.2, -0.15) is 0 Å². The number of anilines is 1. The van der Waals surface area contributed by atoms with Crippen LogP contribution in [0.5, 0.6) is 0 Å². The van der Waals surface area contributed by atoms with Crippen molar-refractivity contribution in [2.24, 2.45) is 0 Å². The molecule has 2 amide bonds. The van der Waals surface area contributed by atoms with Gasteiger partial charge in [-0.3, -0.25) is 10.0 Å². The van der Waals surface area contributed by atoms with Crippen LogP contribution in [0, 0.1) is 19.7 Å². The first kappa shape index (κ1) is 23.2. The summed E-state index contributed by atoms with van der Waals surface area (Å²) < 4.78 is 18.9. The monoisotopic (exact) mass is 417 g/mol. The number of amides is 2. The van der Waals surface area contributed by atoms with Crippen LogP contribution in [0.4, 0.5) is 14.9 Å². The molecular formula is C22H28FN3O4. The van der Waals surface area contributed by atoms with Crippen LogP contribution >= 0.6 is 0 Å². The van der Waals surface area contributed by atoms with Crippen molar-refractivity contribution >= 4 is 17.7 Å². The van der Waals surface area contributed by atoms with Crippen molar-refractivity contribution in [3.63, 3.8) is 0 Å². The van der Waals surface area contributed by atoms with Crippen LogP contribution in [-0.4, -0.2) is 29.8 Å². The number of unbranched alkanes of at least 4 members (excludes halogenated alkanes) is 1. The Morgan fingerprint density at radius 1 is 1.10 bits per heavy atom. The maximum absolute atomic E-state index is 13.8. The lowest BCUT2D eigenvalue weighted by atomic mass is 10.1. The fraction of sp³-hybridized carbons (Fsp3) is 0.364. The van der Waals surface area contributed by atoms with E-state index in [1.165, 1.54) is 0 Å². The molecule has 30 heavy (non-hydrogen) atoms. The summed E-state index contributed by atoms with van der Waals surface area (Å²) in [6, 6.07) is 11.9. The molecule has 2 rings (SSSR count). The molecule has 4 N–H and O–H groups in total. The second-order valence-electron chi connectivity index (χ2n) is 7.08. The molecule has 0 spiro atoms. The molecule has 0 aromatic heterocycles. The highest BCUT2D eigenvalue weighted by Gasteiger charge is 2.18. The average Bonchev–Trinajstić information content (AvgIpc) is 2.75. The molecule has 0 radical (unpaired) electrons. The number of halogens is 1. The maximum atomic E-state index is 13.8. The maximum Gasteiger partial charge on any atom is 0.407 e. The lowest BCUT2D eigenvalue weighted by Gasteiger charge is -2.19.